The van der Waals surface area contributed by atoms with Crippen LogP contribution < -0.4 is 4.74 Å². The average molecular weight is 550 g/mol. The summed E-state index contributed by atoms with van der Waals surface area (Å²) in [7, 11) is 0. The first-order chi connectivity index (χ1) is 19.4. The van der Waals surface area contributed by atoms with Gasteiger partial charge in [-0.2, -0.15) is 0 Å². The maximum absolute atomic E-state index is 14.0. The Hall–Kier alpha value is -3.96. The molecule has 1 atom stereocenters. The molecule has 0 bridgehead atoms. The van der Waals surface area contributed by atoms with Gasteiger partial charge in [0.25, 0.3) is 0 Å². The highest BCUT2D eigenvalue weighted by Gasteiger charge is 2.26. The van der Waals surface area contributed by atoms with Crippen LogP contribution in [0, 0.1) is 11.6 Å². The van der Waals surface area contributed by atoms with Gasteiger partial charge in [0.05, 0.1) is 19.2 Å². The van der Waals surface area contributed by atoms with Gasteiger partial charge in [0.1, 0.15) is 29.6 Å². The van der Waals surface area contributed by atoms with Gasteiger partial charge in [-0.05, 0) is 62.7 Å². The van der Waals surface area contributed by atoms with Crippen LogP contribution in [0.15, 0.2) is 48.5 Å². The lowest BCUT2D eigenvalue weighted by atomic mass is 9.93. The highest BCUT2D eigenvalue weighted by molar-refractivity contribution is 5.88. The van der Waals surface area contributed by atoms with Gasteiger partial charge < -0.3 is 19.1 Å². The Balaban J connectivity index is 1.11. The third-order valence-electron chi connectivity index (χ3n) is 7.58. The van der Waals surface area contributed by atoms with Gasteiger partial charge in [0.2, 0.25) is 5.88 Å². The number of halogens is 2. The number of aromatic nitrogens is 4. The van der Waals surface area contributed by atoms with E-state index < -0.39 is 17.6 Å². The van der Waals surface area contributed by atoms with Crippen molar-refractivity contribution in [3.8, 4) is 5.88 Å². The zero-order chi connectivity index (χ0) is 27.6. The Morgan fingerprint density at radius 2 is 1.88 bits per heavy atom. The van der Waals surface area contributed by atoms with Gasteiger partial charge in [-0.1, -0.05) is 6.07 Å². The summed E-state index contributed by atoms with van der Waals surface area (Å²) in [5, 5.41) is 9.41. The molecular formula is C29H29F2N5O4. The lowest BCUT2D eigenvalue weighted by Crippen LogP contribution is -2.35. The maximum atomic E-state index is 14.0. The van der Waals surface area contributed by atoms with Crippen LogP contribution in [0.3, 0.4) is 0 Å². The molecule has 1 aromatic carbocycles. The minimum absolute atomic E-state index is 0.00273. The van der Waals surface area contributed by atoms with Crippen molar-refractivity contribution in [2.45, 2.75) is 51.0 Å². The van der Waals surface area contributed by atoms with Crippen molar-refractivity contribution in [1.82, 2.24) is 24.4 Å². The fourth-order valence-electron chi connectivity index (χ4n) is 5.23. The number of pyridine rings is 2. The van der Waals surface area contributed by atoms with Crippen LogP contribution in [-0.2, 0) is 24.4 Å². The number of piperidine rings is 1. The normalized spacial score (nSPS) is 18.1. The summed E-state index contributed by atoms with van der Waals surface area (Å²) in [4.78, 5) is 27.7. The topological polar surface area (TPSA) is 103 Å². The second-order valence-electron chi connectivity index (χ2n) is 10.2. The second-order valence-corrected chi connectivity index (χ2v) is 10.2. The molecule has 4 aromatic rings. The summed E-state index contributed by atoms with van der Waals surface area (Å²) in [6.07, 6.45) is 2.84. The van der Waals surface area contributed by atoms with Crippen molar-refractivity contribution in [2.75, 3.05) is 19.7 Å². The first-order valence-corrected chi connectivity index (χ1v) is 13.4. The Kier molecular flexibility index (Phi) is 7.40. The molecule has 0 radical (unpaired) electrons. The van der Waals surface area contributed by atoms with Crippen molar-refractivity contribution in [1.29, 1.82) is 0 Å². The molecule has 0 saturated carbocycles. The Morgan fingerprint density at radius 3 is 2.60 bits per heavy atom. The molecular weight excluding hydrogens is 520 g/mol. The molecule has 11 heteroatoms. The zero-order valence-corrected chi connectivity index (χ0v) is 21.8. The lowest BCUT2D eigenvalue weighted by molar-refractivity contribution is -0.0593. The summed E-state index contributed by atoms with van der Waals surface area (Å²) in [5.74, 6) is -0.825. The third kappa shape index (κ3) is 5.66. The molecule has 2 fully saturated rings. The number of rotatable bonds is 9. The Labute approximate surface area is 229 Å². The number of hydrogen-bond acceptors (Lipinski definition) is 7. The van der Waals surface area contributed by atoms with E-state index in [1.54, 1.807) is 12.1 Å². The van der Waals surface area contributed by atoms with Crippen LogP contribution >= 0.6 is 0 Å². The van der Waals surface area contributed by atoms with Crippen molar-refractivity contribution >= 4 is 17.1 Å². The van der Waals surface area contributed by atoms with Crippen molar-refractivity contribution in [2.24, 2.45) is 0 Å². The van der Waals surface area contributed by atoms with E-state index in [0.29, 0.717) is 30.1 Å². The second kappa shape index (κ2) is 11.3. The molecule has 3 aromatic heterocycles. The standard InChI is InChI=1S/C29H29F2N5O4/c30-20-5-4-19(22(31)14-20)17-40-27-3-1-2-23(33-27)18-8-11-35(12-9-18)16-26-32-24-6-7-25(29(37)38)34-28(24)36(26)15-21-10-13-39-21/h1-7,14,18,21H,8-13,15-17H2,(H,37,38)/t21-/m0/s1. The summed E-state index contributed by atoms with van der Waals surface area (Å²) >= 11 is 0. The van der Waals surface area contributed by atoms with E-state index in [0.717, 1.165) is 56.5 Å². The van der Waals surface area contributed by atoms with E-state index in [-0.39, 0.29) is 29.9 Å². The monoisotopic (exact) mass is 549 g/mol. The number of carboxylic acid groups (broad SMARTS) is 1. The molecule has 0 amide bonds. The van der Waals surface area contributed by atoms with Gasteiger partial charge >= 0.3 is 5.97 Å². The molecule has 0 unspecified atom stereocenters. The predicted molar refractivity (Wildman–Crippen MR) is 141 cm³/mol. The lowest BCUT2D eigenvalue weighted by Gasteiger charge is -2.32. The predicted octanol–water partition coefficient (Wildman–Crippen LogP) is 4.55. The van der Waals surface area contributed by atoms with Gasteiger partial charge in [-0.25, -0.2) is 28.5 Å². The molecule has 6 rings (SSSR count). The highest BCUT2D eigenvalue weighted by Crippen LogP contribution is 2.29. The highest BCUT2D eigenvalue weighted by atomic mass is 19.1. The van der Waals surface area contributed by atoms with E-state index in [1.165, 1.54) is 18.2 Å². The number of nitrogens with zero attached hydrogens (tertiary/aromatic N) is 5. The number of aromatic carboxylic acids is 1. The van der Waals surface area contributed by atoms with Crippen LogP contribution in [0.1, 0.15) is 52.8 Å². The first-order valence-electron chi connectivity index (χ1n) is 13.4. The quantitative estimate of drug-likeness (QED) is 0.325. The molecule has 2 aliphatic rings. The Bertz CT molecular complexity index is 1530. The molecule has 40 heavy (non-hydrogen) atoms. The van der Waals surface area contributed by atoms with Crippen LogP contribution in [0.4, 0.5) is 8.78 Å². The first kappa shape index (κ1) is 26.3. The van der Waals surface area contributed by atoms with Crippen LogP contribution in [-0.4, -0.2) is 61.3 Å². The van der Waals surface area contributed by atoms with E-state index in [4.69, 9.17) is 14.5 Å². The minimum atomic E-state index is -1.07. The molecule has 5 heterocycles. The Morgan fingerprint density at radius 1 is 1.05 bits per heavy atom. The fraction of sp³-hybridized carbons (Fsp3) is 0.379. The smallest absolute Gasteiger partial charge is 0.354 e. The van der Waals surface area contributed by atoms with Crippen LogP contribution in [0.2, 0.25) is 0 Å². The van der Waals surface area contributed by atoms with E-state index in [1.807, 2.05) is 16.7 Å². The summed E-state index contributed by atoms with van der Waals surface area (Å²) in [5.41, 5.74) is 2.44. The van der Waals surface area contributed by atoms with Gasteiger partial charge in [-0.15, -0.1) is 0 Å². The average Bonchev–Trinajstić information content (AvgIpc) is 3.26. The van der Waals surface area contributed by atoms with Crippen molar-refractivity contribution in [3.05, 3.63) is 82.9 Å². The molecule has 2 aliphatic heterocycles. The fourth-order valence-corrected chi connectivity index (χ4v) is 5.23. The number of carboxylic acids is 1. The molecule has 1 N–H and O–H groups in total. The SMILES string of the molecule is O=C(O)c1ccc2nc(CN3CCC(c4cccc(OCc5ccc(F)cc5F)n4)CC3)n(C[C@@H]3CCO3)c2n1. The number of ether oxygens (including phenoxy) is 2. The van der Waals surface area contributed by atoms with Gasteiger partial charge in [-0.3, -0.25) is 4.90 Å². The van der Waals surface area contributed by atoms with Gasteiger partial charge in [0, 0.05) is 35.9 Å². The number of carbonyl (C=O) groups is 1. The van der Waals surface area contributed by atoms with E-state index in [2.05, 4.69) is 14.9 Å². The summed E-state index contributed by atoms with van der Waals surface area (Å²) in [6.45, 7) is 3.60. The number of imidazole rings is 1. The summed E-state index contributed by atoms with van der Waals surface area (Å²) < 4.78 is 40.5. The maximum Gasteiger partial charge on any atom is 0.354 e. The third-order valence-corrected chi connectivity index (χ3v) is 7.58. The van der Waals surface area contributed by atoms with E-state index >= 15 is 0 Å². The summed E-state index contributed by atoms with van der Waals surface area (Å²) in [6, 6.07) is 12.2. The minimum Gasteiger partial charge on any atom is -0.477 e. The van der Waals surface area contributed by atoms with Gasteiger partial charge in [0.15, 0.2) is 11.3 Å². The zero-order valence-electron chi connectivity index (χ0n) is 21.8. The van der Waals surface area contributed by atoms with Crippen LogP contribution in [0.25, 0.3) is 11.2 Å². The molecule has 2 saturated heterocycles. The molecule has 0 spiro atoms. The van der Waals surface area contributed by atoms with Crippen molar-refractivity contribution < 1.29 is 28.2 Å². The number of benzene rings is 1. The number of fused-ring (bicyclic) bond motifs is 1. The molecule has 208 valence electrons. The van der Waals surface area contributed by atoms with Crippen LogP contribution in [0.5, 0.6) is 5.88 Å². The largest absolute Gasteiger partial charge is 0.477 e. The molecule has 9 nitrogen and oxygen atoms in total. The number of hydrogen-bond donors (Lipinski definition) is 1. The molecule has 0 aliphatic carbocycles. The number of likely N-dealkylation sites (tertiary alicyclic amines) is 1. The van der Waals surface area contributed by atoms with Crippen molar-refractivity contribution in [3.63, 3.8) is 0 Å². The van der Waals surface area contributed by atoms with E-state index in [9.17, 15) is 18.7 Å².